The fraction of sp³-hybridized carbons (Fsp3) is 1.00. The topological polar surface area (TPSA) is 46.2 Å². The molecule has 50 valence electrons. The van der Waals surface area contributed by atoms with Crippen molar-refractivity contribution in [1.29, 1.82) is 0 Å². The van der Waals surface area contributed by atoms with Crippen LogP contribution in [0.1, 0.15) is 13.8 Å². The first kappa shape index (κ1) is 8.27. The van der Waals surface area contributed by atoms with Gasteiger partial charge in [-0.15, -0.1) is 0 Å². The summed E-state index contributed by atoms with van der Waals surface area (Å²) in [6.07, 6.45) is 0. The van der Waals surface area contributed by atoms with E-state index >= 15 is 0 Å². The van der Waals surface area contributed by atoms with E-state index in [0.29, 0.717) is 0 Å². The van der Waals surface area contributed by atoms with Crippen LogP contribution in [0.3, 0.4) is 0 Å². The summed E-state index contributed by atoms with van der Waals surface area (Å²) in [5, 5.41) is 13.9. The van der Waals surface area contributed by atoms with Crippen LogP contribution in [0.2, 0.25) is 0 Å². The molecule has 0 atom stereocenters. The van der Waals surface area contributed by atoms with Crippen LogP contribution in [-0.4, -0.2) is 17.5 Å². The third-order valence-electron chi connectivity index (χ3n) is 0.902. The Hall–Kier alpha value is 0.270. The molecule has 0 spiro atoms. The first-order valence-corrected chi connectivity index (χ1v) is 3.60. The van der Waals surface area contributed by atoms with Gasteiger partial charge < -0.3 is 5.11 Å². The fourth-order valence-electron chi connectivity index (χ4n) is 0.271. The molecule has 8 heavy (non-hydrogen) atoms. The number of hydrogen-bond donors (Lipinski definition) is 2. The largest absolute Gasteiger partial charge is 0.396 e. The molecular weight excluding hydrogens is 122 g/mol. The van der Waals surface area contributed by atoms with Gasteiger partial charge in [0.2, 0.25) is 0 Å². The van der Waals surface area contributed by atoms with E-state index in [0.717, 1.165) is 5.75 Å². The molecule has 0 radical (unpaired) electrons. The van der Waals surface area contributed by atoms with Crippen molar-refractivity contribution in [2.75, 3.05) is 12.4 Å². The van der Waals surface area contributed by atoms with Gasteiger partial charge in [0.15, 0.2) is 0 Å². The van der Waals surface area contributed by atoms with Crippen molar-refractivity contribution in [3.8, 4) is 0 Å². The molecule has 0 amide bonds. The number of aliphatic hydroxyl groups excluding tert-OH is 1. The zero-order valence-corrected chi connectivity index (χ0v) is 6.16. The standard InChI is InChI=1S/C5H13NOS/c1-5(2,3-7)4-8-6/h7H,3-4,6H2,1-2H3. The van der Waals surface area contributed by atoms with Crippen LogP contribution in [0.15, 0.2) is 0 Å². The highest BCUT2D eigenvalue weighted by Gasteiger charge is 2.14. The Labute approximate surface area is 54.6 Å². The maximum absolute atomic E-state index is 8.66. The van der Waals surface area contributed by atoms with Crippen LogP contribution in [0.5, 0.6) is 0 Å². The first-order chi connectivity index (χ1) is 3.62. The Morgan fingerprint density at radius 2 is 2.12 bits per heavy atom. The summed E-state index contributed by atoms with van der Waals surface area (Å²) < 4.78 is 0. The summed E-state index contributed by atoms with van der Waals surface area (Å²) >= 11 is 1.27. The van der Waals surface area contributed by atoms with Gasteiger partial charge in [-0.05, 0) is 5.41 Å². The molecule has 0 saturated carbocycles. The lowest BCUT2D eigenvalue weighted by atomic mass is 9.98. The molecule has 0 aliphatic heterocycles. The van der Waals surface area contributed by atoms with Crippen molar-refractivity contribution < 1.29 is 5.11 Å². The van der Waals surface area contributed by atoms with Gasteiger partial charge in [-0.25, -0.2) is 0 Å². The predicted octanol–water partition coefficient (Wildman–Crippen LogP) is 0.612. The highest BCUT2D eigenvalue weighted by molar-refractivity contribution is 7.97. The summed E-state index contributed by atoms with van der Waals surface area (Å²) in [6, 6.07) is 0. The molecule has 0 aromatic heterocycles. The Balaban J connectivity index is 3.37. The summed E-state index contributed by atoms with van der Waals surface area (Å²) in [4.78, 5) is 0. The second-order valence-corrected chi connectivity index (χ2v) is 3.26. The lowest BCUT2D eigenvalue weighted by molar-refractivity contribution is 0.181. The lowest BCUT2D eigenvalue weighted by Crippen LogP contribution is -2.20. The molecule has 0 fully saturated rings. The Kier molecular flexibility index (Phi) is 3.44. The molecule has 0 aliphatic rings. The third-order valence-corrected chi connectivity index (χ3v) is 1.85. The molecule has 0 aromatic rings. The van der Waals surface area contributed by atoms with Crippen LogP contribution >= 0.6 is 11.9 Å². The van der Waals surface area contributed by atoms with Gasteiger partial charge in [-0.2, -0.15) is 0 Å². The number of aliphatic hydroxyl groups is 1. The molecule has 0 saturated heterocycles. The van der Waals surface area contributed by atoms with Crippen molar-refractivity contribution in [2.24, 2.45) is 10.6 Å². The van der Waals surface area contributed by atoms with Crippen molar-refractivity contribution in [3.05, 3.63) is 0 Å². The van der Waals surface area contributed by atoms with Gasteiger partial charge in [-0.3, -0.25) is 5.14 Å². The normalized spacial score (nSPS) is 12.0. The van der Waals surface area contributed by atoms with Gasteiger partial charge >= 0.3 is 0 Å². The van der Waals surface area contributed by atoms with Crippen LogP contribution in [0, 0.1) is 5.41 Å². The van der Waals surface area contributed by atoms with Crippen LogP contribution in [0.25, 0.3) is 0 Å². The van der Waals surface area contributed by atoms with Crippen molar-refractivity contribution in [3.63, 3.8) is 0 Å². The van der Waals surface area contributed by atoms with Gasteiger partial charge in [0.1, 0.15) is 0 Å². The average molecular weight is 135 g/mol. The number of hydrogen-bond acceptors (Lipinski definition) is 3. The first-order valence-electron chi connectivity index (χ1n) is 2.55. The maximum atomic E-state index is 8.66. The van der Waals surface area contributed by atoms with E-state index in [9.17, 15) is 0 Å². The summed E-state index contributed by atoms with van der Waals surface area (Å²) in [5.74, 6) is 0.809. The smallest absolute Gasteiger partial charge is 0.0490 e. The van der Waals surface area contributed by atoms with E-state index in [4.69, 9.17) is 10.2 Å². The van der Waals surface area contributed by atoms with Gasteiger partial charge in [0.25, 0.3) is 0 Å². The van der Waals surface area contributed by atoms with Gasteiger partial charge in [0, 0.05) is 12.4 Å². The summed E-state index contributed by atoms with van der Waals surface area (Å²) in [5.41, 5.74) is -0.0145. The van der Waals surface area contributed by atoms with E-state index in [1.807, 2.05) is 13.8 Å². The molecule has 2 nitrogen and oxygen atoms in total. The monoisotopic (exact) mass is 135 g/mol. The predicted molar refractivity (Wildman–Crippen MR) is 37.5 cm³/mol. The maximum Gasteiger partial charge on any atom is 0.0490 e. The van der Waals surface area contributed by atoms with E-state index in [1.54, 1.807) is 0 Å². The Bertz CT molecular complexity index is 65.4. The molecular formula is C5H13NOS. The molecule has 3 heteroatoms. The molecule has 0 aliphatic carbocycles. The SMILES string of the molecule is CC(C)(CO)CSN. The molecule has 0 rings (SSSR count). The van der Waals surface area contributed by atoms with Crippen LogP contribution in [0.4, 0.5) is 0 Å². The van der Waals surface area contributed by atoms with Crippen molar-refractivity contribution >= 4 is 11.9 Å². The second kappa shape index (κ2) is 3.33. The van der Waals surface area contributed by atoms with E-state index in [2.05, 4.69) is 0 Å². The molecule has 0 bridgehead atoms. The van der Waals surface area contributed by atoms with Gasteiger partial charge in [0.05, 0.1) is 0 Å². The Morgan fingerprint density at radius 3 is 2.25 bits per heavy atom. The van der Waals surface area contributed by atoms with Crippen LogP contribution < -0.4 is 5.14 Å². The zero-order valence-electron chi connectivity index (χ0n) is 5.35. The third kappa shape index (κ3) is 3.29. The zero-order chi connectivity index (χ0) is 6.62. The number of rotatable bonds is 3. The van der Waals surface area contributed by atoms with Crippen molar-refractivity contribution in [1.82, 2.24) is 0 Å². The quantitative estimate of drug-likeness (QED) is 0.557. The van der Waals surface area contributed by atoms with E-state index in [1.165, 1.54) is 11.9 Å². The second-order valence-electron chi connectivity index (χ2n) is 2.63. The molecule has 3 N–H and O–H groups in total. The lowest BCUT2D eigenvalue weighted by Gasteiger charge is -2.18. The van der Waals surface area contributed by atoms with Crippen LogP contribution in [-0.2, 0) is 0 Å². The van der Waals surface area contributed by atoms with Crippen molar-refractivity contribution in [2.45, 2.75) is 13.8 Å². The molecule has 0 heterocycles. The van der Waals surface area contributed by atoms with Gasteiger partial charge in [-0.1, -0.05) is 25.8 Å². The minimum absolute atomic E-state index is 0.0145. The average Bonchev–Trinajstić information content (AvgIpc) is 1.67. The summed E-state index contributed by atoms with van der Waals surface area (Å²) in [6.45, 7) is 4.16. The summed E-state index contributed by atoms with van der Waals surface area (Å²) in [7, 11) is 0. The Morgan fingerprint density at radius 1 is 1.62 bits per heavy atom. The van der Waals surface area contributed by atoms with E-state index < -0.39 is 0 Å². The molecule has 0 aromatic carbocycles. The highest BCUT2D eigenvalue weighted by Crippen LogP contribution is 2.16. The molecule has 0 unspecified atom stereocenters. The fourth-order valence-corrected chi connectivity index (χ4v) is 0.814. The van der Waals surface area contributed by atoms with E-state index in [-0.39, 0.29) is 12.0 Å². The minimum Gasteiger partial charge on any atom is -0.396 e. The minimum atomic E-state index is -0.0145. The highest BCUT2D eigenvalue weighted by atomic mass is 32.2. The number of nitrogens with two attached hydrogens (primary N) is 1.